The third kappa shape index (κ3) is 4.35. The largest absolute Gasteiger partial charge is 0.370 e. The van der Waals surface area contributed by atoms with Crippen molar-refractivity contribution < 1.29 is 8.42 Å². The number of nitrogens with zero attached hydrogens (tertiary/aromatic N) is 1. The lowest BCUT2D eigenvalue weighted by Crippen LogP contribution is -2.43. The van der Waals surface area contributed by atoms with Gasteiger partial charge >= 0.3 is 0 Å². The van der Waals surface area contributed by atoms with Crippen LogP contribution in [0.25, 0.3) is 0 Å². The number of sulfone groups is 1. The molecule has 1 fully saturated rings. The molecule has 0 heterocycles. The van der Waals surface area contributed by atoms with Gasteiger partial charge in [0.2, 0.25) is 0 Å². The number of hydrogen-bond donors (Lipinski definition) is 2. The van der Waals surface area contributed by atoms with Gasteiger partial charge in [0.05, 0.1) is 17.2 Å². The first-order valence-electron chi connectivity index (χ1n) is 6.99. The normalized spacial score (nSPS) is 16.6. The molecule has 0 radical (unpaired) electrons. The number of benzene rings is 1. The molecule has 1 aliphatic rings. The average Bonchev–Trinajstić information content (AvgIpc) is 2.40. The molecule has 3 N–H and O–H groups in total. The highest BCUT2D eigenvalue weighted by Crippen LogP contribution is 2.21. The second-order valence-electron chi connectivity index (χ2n) is 5.17. The van der Waals surface area contributed by atoms with Crippen LogP contribution >= 0.6 is 11.6 Å². The van der Waals surface area contributed by atoms with E-state index in [0.717, 1.165) is 18.4 Å². The highest BCUT2D eigenvalue weighted by Gasteiger charge is 2.17. The summed E-state index contributed by atoms with van der Waals surface area (Å²) in [6, 6.07) is 5.19. The Morgan fingerprint density at radius 3 is 2.71 bits per heavy atom. The summed E-state index contributed by atoms with van der Waals surface area (Å²) in [7, 11) is -3.28. The zero-order valence-corrected chi connectivity index (χ0v) is 13.5. The van der Waals surface area contributed by atoms with Gasteiger partial charge < -0.3 is 11.1 Å². The van der Waals surface area contributed by atoms with Gasteiger partial charge in [-0.1, -0.05) is 18.5 Å². The van der Waals surface area contributed by atoms with Gasteiger partial charge in [0.1, 0.15) is 0 Å². The fourth-order valence-electron chi connectivity index (χ4n) is 2.04. The van der Waals surface area contributed by atoms with E-state index in [1.54, 1.807) is 19.1 Å². The Morgan fingerprint density at radius 2 is 2.14 bits per heavy atom. The zero-order chi connectivity index (χ0) is 15.5. The van der Waals surface area contributed by atoms with Crippen LogP contribution in [0.3, 0.4) is 0 Å². The Balaban J connectivity index is 2.11. The summed E-state index contributed by atoms with van der Waals surface area (Å²) in [5.41, 5.74) is 6.54. The van der Waals surface area contributed by atoms with Crippen LogP contribution in [0.1, 0.15) is 31.7 Å². The lowest BCUT2D eigenvalue weighted by Gasteiger charge is -2.26. The van der Waals surface area contributed by atoms with Crippen LogP contribution in [0.5, 0.6) is 0 Å². The molecule has 0 aliphatic heterocycles. The topological polar surface area (TPSA) is 84.5 Å². The first-order chi connectivity index (χ1) is 9.90. The van der Waals surface area contributed by atoms with Crippen molar-refractivity contribution in [1.82, 2.24) is 5.32 Å². The van der Waals surface area contributed by atoms with E-state index < -0.39 is 9.84 Å². The molecule has 0 unspecified atom stereocenters. The Morgan fingerprint density at radius 1 is 1.43 bits per heavy atom. The molecule has 1 saturated carbocycles. The molecule has 0 amide bonds. The molecule has 0 aromatic heterocycles. The Kier molecular flexibility index (Phi) is 5.11. The Hall–Kier alpha value is -1.27. The minimum Gasteiger partial charge on any atom is -0.370 e. The van der Waals surface area contributed by atoms with Gasteiger partial charge in [0.25, 0.3) is 0 Å². The van der Waals surface area contributed by atoms with E-state index in [1.165, 1.54) is 12.5 Å². The van der Waals surface area contributed by atoms with Gasteiger partial charge in [-0.3, -0.25) is 0 Å². The number of rotatable bonds is 5. The predicted octanol–water partition coefficient (Wildman–Crippen LogP) is 2.09. The number of aliphatic imine (C=N–C) groups is 1. The summed E-state index contributed by atoms with van der Waals surface area (Å²) in [6.45, 7) is 1.91. The lowest BCUT2D eigenvalue weighted by atomic mass is 9.93. The average molecular weight is 330 g/mol. The second kappa shape index (κ2) is 6.66. The molecule has 21 heavy (non-hydrogen) atoms. The van der Waals surface area contributed by atoms with Crippen LogP contribution in [0, 0.1) is 0 Å². The first-order valence-corrected chi connectivity index (χ1v) is 9.02. The van der Waals surface area contributed by atoms with E-state index in [-0.39, 0.29) is 10.6 Å². The van der Waals surface area contributed by atoms with E-state index in [2.05, 4.69) is 10.3 Å². The van der Waals surface area contributed by atoms with Crippen molar-refractivity contribution in [3.8, 4) is 0 Å². The number of hydrogen-bond acceptors (Lipinski definition) is 3. The van der Waals surface area contributed by atoms with E-state index in [4.69, 9.17) is 17.3 Å². The molecule has 0 bridgehead atoms. The summed E-state index contributed by atoms with van der Waals surface area (Å²) in [4.78, 5) is 4.47. The SMILES string of the molecule is CCS(=O)(=O)c1cc(Cl)cc(CN=C(N)NC2CCC2)c1. The van der Waals surface area contributed by atoms with E-state index in [9.17, 15) is 8.42 Å². The van der Waals surface area contributed by atoms with Crippen LogP contribution < -0.4 is 11.1 Å². The second-order valence-corrected chi connectivity index (χ2v) is 7.89. The molecule has 0 saturated heterocycles. The van der Waals surface area contributed by atoms with Crippen LogP contribution in [0.2, 0.25) is 5.02 Å². The summed E-state index contributed by atoms with van der Waals surface area (Å²) >= 11 is 5.98. The lowest BCUT2D eigenvalue weighted by molar-refractivity contribution is 0.382. The molecule has 1 aliphatic carbocycles. The molecule has 2 rings (SSSR count). The first kappa shape index (κ1) is 16.1. The summed E-state index contributed by atoms with van der Waals surface area (Å²) in [6.07, 6.45) is 3.45. The standard InChI is InChI=1S/C14H20ClN3O2S/c1-2-21(19,20)13-7-10(6-11(15)8-13)9-17-14(16)18-12-4-3-5-12/h6-8,12H,2-5,9H2,1H3,(H3,16,17,18). The van der Waals surface area contributed by atoms with Gasteiger partial charge in [0, 0.05) is 11.1 Å². The minimum absolute atomic E-state index is 0.0431. The van der Waals surface area contributed by atoms with E-state index in [1.807, 2.05) is 0 Å². The van der Waals surface area contributed by atoms with Gasteiger partial charge in [-0.25, -0.2) is 13.4 Å². The van der Waals surface area contributed by atoms with Crippen LogP contribution in [-0.2, 0) is 16.4 Å². The van der Waals surface area contributed by atoms with Gasteiger partial charge in [-0.2, -0.15) is 0 Å². The maximum absolute atomic E-state index is 11.9. The van der Waals surface area contributed by atoms with Crippen molar-refractivity contribution in [2.75, 3.05) is 5.75 Å². The molecule has 0 spiro atoms. The third-order valence-electron chi connectivity index (χ3n) is 3.56. The molecule has 7 heteroatoms. The summed E-state index contributed by atoms with van der Waals surface area (Å²) in [5.74, 6) is 0.432. The summed E-state index contributed by atoms with van der Waals surface area (Å²) in [5, 5.41) is 3.52. The van der Waals surface area contributed by atoms with E-state index >= 15 is 0 Å². The molecule has 1 aromatic rings. The quantitative estimate of drug-likeness (QED) is 0.640. The fourth-order valence-corrected chi connectivity index (χ4v) is 3.34. The maximum atomic E-state index is 11.9. The number of guanidine groups is 1. The molecule has 1 aromatic carbocycles. The number of nitrogens with two attached hydrogens (primary N) is 1. The molecule has 5 nitrogen and oxygen atoms in total. The van der Waals surface area contributed by atoms with Crippen LogP contribution in [-0.4, -0.2) is 26.2 Å². The number of nitrogens with one attached hydrogen (secondary N) is 1. The molecule has 116 valence electrons. The van der Waals surface area contributed by atoms with Crippen molar-refractivity contribution in [3.05, 3.63) is 28.8 Å². The Bertz CT molecular complexity index is 640. The van der Waals surface area contributed by atoms with Crippen molar-refractivity contribution in [2.24, 2.45) is 10.7 Å². The van der Waals surface area contributed by atoms with Gasteiger partial charge in [0.15, 0.2) is 15.8 Å². The van der Waals surface area contributed by atoms with Gasteiger partial charge in [-0.05, 0) is 43.0 Å². The van der Waals surface area contributed by atoms with Gasteiger partial charge in [-0.15, -0.1) is 0 Å². The van der Waals surface area contributed by atoms with Crippen molar-refractivity contribution in [2.45, 2.75) is 43.7 Å². The fraction of sp³-hybridized carbons (Fsp3) is 0.500. The van der Waals surface area contributed by atoms with Crippen LogP contribution in [0.4, 0.5) is 0 Å². The number of halogens is 1. The maximum Gasteiger partial charge on any atom is 0.189 e. The summed E-state index contributed by atoms with van der Waals surface area (Å²) < 4.78 is 23.8. The van der Waals surface area contributed by atoms with Crippen molar-refractivity contribution in [1.29, 1.82) is 0 Å². The van der Waals surface area contributed by atoms with Crippen molar-refractivity contribution >= 4 is 27.4 Å². The smallest absolute Gasteiger partial charge is 0.189 e. The third-order valence-corrected chi connectivity index (χ3v) is 5.49. The molecule has 0 atom stereocenters. The molecular weight excluding hydrogens is 310 g/mol. The van der Waals surface area contributed by atoms with E-state index in [0.29, 0.717) is 23.6 Å². The van der Waals surface area contributed by atoms with Crippen molar-refractivity contribution in [3.63, 3.8) is 0 Å². The molecular formula is C14H20ClN3O2S. The monoisotopic (exact) mass is 329 g/mol. The highest BCUT2D eigenvalue weighted by molar-refractivity contribution is 7.91. The Labute approximate surface area is 130 Å². The zero-order valence-electron chi connectivity index (χ0n) is 12.0. The highest BCUT2D eigenvalue weighted by atomic mass is 35.5. The predicted molar refractivity (Wildman–Crippen MR) is 85.3 cm³/mol. The minimum atomic E-state index is -3.28. The van der Waals surface area contributed by atoms with Crippen LogP contribution in [0.15, 0.2) is 28.1 Å².